The smallest absolute Gasteiger partial charge is 0.240 e. The summed E-state index contributed by atoms with van der Waals surface area (Å²) in [6.07, 6.45) is 1.25. The summed E-state index contributed by atoms with van der Waals surface area (Å²) in [4.78, 5) is 22.6. The number of hydrazone groups is 1. The van der Waals surface area contributed by atoms with E-state index in [4.69, 9.17) is 11.6 Å². The fraction of sp³-hybridized carbons (Fsp3) is 0.308. The Labute approximate surface area is 115 Å². The zero-order valence-corrected chi connectivity index (χ0v) is 10.8. The molecule has 0 aromatic heterocycles. The molecule has 3 rings (SSSR count). The zero-order chi connectivity index (χ0) is 13.4. The molecule has 1 aliphatic carbocycles. The lowest BCUT2D eigenvalue weighted by molar-refractivity contribution is -0.122. The van der Waals surface area contributed by atoms with Gasteiger partial charge in [0.15, 0.2) is 0 Å². The maximum atomic E-state index is 11.3. The van der Waals surface area contributed by atoms with Crippen molar-refractivity contribution in [2.75, 3.05) is 11.2 Å². The SMILES string of the molecule is O=C1CC2Cc3cc(NC(=O)CCl)ccc3C2=NN1. The molecule has 0 saturated heterocycles. The first-order chi connectivity index (χ1) is 9.17. The lowest BCUT2D eigenvalue weighted by Gasteiger charge is -2.15. The van der Waals surface area contributed by atoms with Gasteiger partial charge in [-0.15, -0.1) is 11.6 Å². The van der Waals surface area contributed by atoms with Gasteiger partial charge in [0.25, 0.3) is 0 Å². The second kappa shape index (κ2) is 4.66. The van der Waals surface area contributed by atoms with Crippen LogP contribution in [0.1, 0.15) is 17.5 Å². The first-order valence-electron chi connectivity index (χ1n) is 6.03. The highest BCUT2D eigenvalue weighted by atomic mass is 35.5. The number of halogens is 1. The van der Waals surface area contributed by atoms with Crippen molar-refractivity contribution in [3.63, 3.8) is 0 Å². The van der Waals surface area contributed by atoms with Gasteiger partial charge in [0.1, 0.15) is 5.88 Å². The average molecular weight is 278 g/mol. The first-order valence-corrected chi connectivity index (χ1v) is 6.56. The molecule has 5 nitrogen and oxygen atoms in total. The number of carbonyl (C=O) groups excluding carboxylic acids is 2. The molecule has 1 unspecified atom stereocenters. The molecule has 1 heterocycles. The Hall–Kier alpha value is -1.88. The first kappa shape index (κ1) is 12.2. The summed E-state index contributed by atoms with van der Waals surface area (Å²) in [5.74, 6) is -0.184. The minimum absolute atomic E-state index is 0.0442. The van der Waals surface area contributed by atoms with Crippen molar-refractivity contribution in [3.05, 3.63) is 29.3 Å². The molecule has 1 aromatic rings. The van der Waals surface area contributed by atoms with Crippen molar-refractivity contribution in [1.29, 1.82) is 0 Å². The van der Waals surface area contributed by atoms with Crippen molar-refractivity contribution >= 4 is 34.8 Å². The van der Waals surface area contributed by atoms with Crippen molar-refractivity contribution in [1.82, 2.24) is 5.43 Å². The van der Waals surface area contributed by atoms with Crippen LogP contribution in [0.25, 0.3) is 0 Å². The van der Waals surface area contributed by atoms with Gasteiger partial charge >= 0.3 is 0 Å². The summed E-state index contributed by atoms with van der Waals surface area (Å²) in [7, 11) is 0. The molecule has 19 heavy (non-hydrogen) atoms. The van der Waals surface area contributed by atoms with Crippen LogP contribution in [0.3, 0.4) is 0 Å². The van der Waals surface area contributed by atoms with Crippen LogP contribution in [-0.2, 0) is 16.0 Å². The Kier molecular flexibility index (Phi) is 2.98. The van der Waals surface area contributed by atoms with Gasteiger partial charge in [-0.25, -0.2) is 5.43 Å². The number of anilines is 1. The van der Waals surface area contributed by atoms with E-state index in [1.165, 1.54) is 0 Å². The molecule has 2 N–H and O–H groups in total. The third-order valence-electron chi connectivity index (χ3n) is 3.37. The van der Waals surface area contributed by atoms with E-state index in [2.05, 4.69) is 15.8 Å². The monoisotopic (exact) mass is 277 g/mol. The van der Waals surface area contributed by atoms with Crippen LogP contribution >= 0.6 is 11.6 Å². The van der Waals surface area contributed by atoms with Crippen LogP contribution < -0.4 is 10.7 Å². The van der Waals surface area contributed by atoms with Gasteiger partial charge in [-0.05, 0) is 24.1 Å². The van der Waals surface area contributed by atoms with E-state index >= 15 is 0 Å². The number of nitrogens with one attached hydrogen (secondary N) is 2. The molecule has 98 valence electrons. The van der Waals surface area contributed by atoms with E-state index in [-0.39, 0.29) is 23.6 Å². The third-order valence-corrected chi connectivity index (χ3v) is 3.61. The van der Waals surface area contributed by atoms with E-state index in [1.54, 1.807) is 0 Å². The highest BCUT2D eigenvalue weighted by molar-refractivity contribution is 6.29. The Morgan fingerprint density at radius 2 is 2.32 bits per heavy atom. The number of benzene rings is 1. The van der Waals surface area contributed by atoms with Crippen molar-refractivity contribution < 1.29 is 9.59 Å². The standard InChI is InChI=1S/C13H12ClN3O2/c14-6-12(19)15-9-1-2-10-7(4-9)3-8-5-11(18)16-17-13(8)10/h1-2,4,8H,3,5-6H2,(H,15,19)(H,16,18). The molecular weight excluding hydrogens is 266 g/mol. The lowest BCUT2D eigenvalue weighted by atomic mass is 9.99. The third kappa shape index (κ3) is 2.21. The Balaban J connectivity index is 1.89. The Morgan fingerprint density at radius 1 is 1.47 bits per heavy atom. The van der Waals surface area contributed by atoms with Crippen molar-refractivity contribution in [2.24, 2.45) is 11.0 Å². The van der Waals surface area contributed by atoms with Crippen LogP contribution in [0, 0.1) is 5.92 Å². The Bertz CT molecular complexity index is 598. The molecule has 1 atom stereocenters. The van der Waals surface area contributed by atoms with E-state index in [0.29, 0.717) is 6.42 Å². The molecule has 0 saturated carbocycles. The quantitative estimate of drug-likeness (QED) is 0.799. The molecule has 0 spiro atoms. The number of hydrogen-bond acceptors (Lipinski definition) is 3. The number of nitrogens with zero attached hydrogens (tertiary/aromatic N) is 1. The predicted octanol–water partition coefficient (Wildman–Crippen LogP) is 1.26. The molecule has 2 aliphatic rings. The second-order valence-electron chi connectivity index (χ2n) is 4.69. The molecular formula is C13H12ClN3O2. The summed E-state index contributed by atoms with van der Waals surface area (Å²) in [6.45, 7) is 0. The number of rotatable bonds is 2. The minimum Gasteiger partial charge on any atom is -0.325 e. The van der Waals surface area contributed by atoms with E-state index < -0.39 is 0 Å². The molecule has 1 aliphatic heterocycles. The van der Waals surface area contributed by atoms with Gasteiger partial charge in [-0.2, -0.15) is 5.10 Å². The molecule has 6 heteroatoms. The van der Waals surface area contributed by atoms with E-state index in [1.807, 2.05) is 18.2 Å². The summed E-state index contributed by atoms with van der Waals surface area (Å²) >= 11 is 5.46. The van der Waals surface area contributed by atoms with Gasteiger partial charge in [0.2, 0.25) is 11.8 Å². The van der Waals surface area contributed by atoms with Crippen molar-refractivity contribution in [3.8, 4) is 0 Å². The number of alkyl halides is 1. The minimum atomic E-state index is -0.230. The van der Waals surface area contributed by atoms with Gasteiger partial charge in [0, 0.05) is 23.6 Å². The normalized spacial score (nSPS) is 20.2. The highest BCUT2D eigenvalue weighted by Crippen LogP contribution is 2.32. The summed E-state index contributed by atoms with van der Waals surface area (Å²) in [5, 5.41) is 6.85. The Morgan fingerprint density at radius 3 is 3.11 bits per heavy atom. The molecule has 1 aromatic carbocycles. The van der Waals surface area contributed by atoms with Gasteiger partial charge in [0.05, 0.1) is 5.71 Å². The van der Waals surface area contributed by atoms with Crippen LogP contribution in [0.15, 0.2) is 23.3 Å². The predicted molar refractivity (Wildman–Crippen MR) is 72.3 cm³/mol. The van der Waals surface area contributed by atoms with E-state index in [9.17, 15) is 9.59 Å². The molecule has 0 bridgehead atoms. The number of amides is 2. The zero-order valence-electron chi connectivity index (χ0n) is 10.1. The van der Waals surface area contributed by atoms with Crippen LogP contribution in [0.4, 0.5) is 5.69 Å². The van der Waals surface area contributed by atoms with Crippen molar-refractivity contribution in [2.45, 2.75) is 12.8 Å². The number of fused-ring (bicyclic) bond motifs is 3. The fourth-order valence-corrected chi connectivity index (χ4v) is 2.65. The van der Waals surface area contributed by atoms with Gasteiger partial charge in [-0.3, -0.25) is 9.59 Å². The summed E-state index contributed by atoms with van der Waals surface area (Å²) in [6, 6.07) is 5.67. The lowest BCUT2D eigenvalue weighted by Crippen LogP contribution is -2.31. The van der Waals surface area contributed by atoms with Gasteiger partial charge in [-0.1, -0.05) is 6.07 Å². The van der Waals surface area contributed by atoms with E-state index in [0.717, 1.165) is 28.9 Å². The maximum Gasteiger partial charge on any atom is 0.240 e. The average Bonchev–Trinajstić information content (AvgIpc) is 2.74. The highest BCUT2D eigenvalue weighted by Gasteiger charge is 2.33. The topological polar surface area (TPSA) is 70.6 Å². The van der Waals surface area contributed by atoms with Gasteiger partial charge < -0.3 is 5.32 Å². The molecule has 0 radical (unpaired) electrons. The summed E-state index contributed by atoms with van der Waals surface area (Å²) < 4.78 is 0. The molecule has 2 amide bonds. The molecule has 0 fully saturated rings. The number of hydrogen-bond donors (Lipinski definition) is 2. The van der Waals surface area contributed by atoms with Crippen LogP contribution in [0.2, 0.25) is 0 Å². The second-order valence-corrected chi connectivity index (χ2v) is 4.96. The van der Waals surface area contributed by atoms with Crippen LogP contribution in [-0.4, -0.2) is 23.4 Å². The van der Waals surface area contributed by atoms with Crippen LogP contribution in [0.5, 0.6) is 0 Å². The fourth-order valence-electron chi connectivity index (χ4n) is 2.58. The number of carbonyl (C=O) groups is 2. The summed E-state index contributed by atoms with van der Waals surface area (Å²) in [5.41, 5.74) is 6.33. The maximum absolute atomic E-state index is 11.3. The largest absolute Gasteiger partial charge is 0.325 e.